The maximum absolute atomic E-state index is 13.2. The van der Waals surface area contributed by atoms with E-state index in [2.05, 4.69) is 35.6 Å². The topological polar surface area (TPSA) is 12.0 Å². The van der Waals surface area contributed by atoms with Crippen molar-refractivity contribution in [2.24, 2.45) is 0 Å². The summed E-state index contributed by atoms with van der Waals surface area (Å²) in [5, 5.41) is 3.75. The summed E-state index contributed by atoms with van der Waals surface area (Å²) in [6, 6.07) is 16.9. The van der Waals surface area contributed by atoms with Crippen molar-refractivity contribution >= 4 is 0 Å². The third kappa shape index (κ3) is 2.14. The van der Waals surface area contributed by atoms with Crippen LogP contribution >= 0.6 is 0 Å². The Bertz CT molecular complexity index is 623. The van der Waals surface area contributed by atoms with Gasteiger partial charge in [-0.15, -0.1) is 0 Å². The second-order valence-electron chi connectivity index (χ2n) is 5.96. The van der Waals surface area contributed by atoms with Gasteiger partial charge in [0.25, 0.3) is 0 Å². The average molecular weight is 267 g/mol. The number of fused-ring (bicyclic) bond motifs is 1. The Hall–Kier alpha value is -1.67. The predicted octanol–water partition coefficient (Wildman–Crippen LogP) is 3.96. The molecule has 0 amide bonds. The Balaban J connectivity index is 1.46. The van der Waals surface area contributed by atoms with Crippen molar-refractivity contribution in [1.29, 1.82) is 0 Å². The fourth-order valence-electron chi connectivity index (χ4n) is 3.47. The van der Waals surface area contributed by atoms with Crippen LogP contribution in [0.1, 0.15) is 41.5 Å². The summed E-state index contributed by atoms with van der Waals surface area (Å²) in [5.41, 5.74) is 3.91. The molecule has 1 saturated carbocycles. The number of nitrogens with one attached hydrogen (secondary N) is 1. The van der Waals surface area contributed by atoms with Gasteiger partial charge in [0, 0.05) is 18.0 Å². The monoisotopic (exact) mass is 267 g/mol. The van der Waals surface area contributed by atoms with Crippen LogP contribution in [0.15, 0.2) is 48.5 Å². The maximum Gasteiger partial charge on any atom is 0.123 e. The van der Waals surface area contributed by atoms with E-state index in [1.807, 2.05) is 6.07 Å². The Kier molecular flexibility index (Phi) is 2.85. The molecule has 3 atom stereocenters. The van der Waals surface area contributed by atoms with Gasteiger partial charge in [-0.1, -0.05) is 36.4 Å². The molecular formula is C18H18FN. The molecule has 2 aromatic rings. The Morgan fingerprint density at radius 3 is 2.75 bits per heavy atom. The van der Waals surface area contributed by atoms with Crippen molar-refractivity contribution in [3.63, 3.8) is 0 Å². The molecule has 2 aromatic carbocycles. The molecule has 0 heterocycles. The first-order valence-electron chi connectivity index (χ1n) is 7.40. The zero-order valence-corrected chi connectivity index (χ0v) is 11.4. The average Bonchev–Trinajstić information content (AvgIpc) is 3.13. The van der Waals surface area contributed by atoms with E-state index >= 15 is 0 Å². The third-order valence-electron chi connectivity index (χ3n) is 4.62. The Morgan fingerprint density at radius 1 is 1.05 bits per heavy atom. The molecule has 3 unspecified atom stereocenters. The lowest BCUT2D eigenvalue weighted by Crippen LogP contribution is -2.22. The summed E-state index contributed by atoms with van der Waals surface area (Å²) < 4.78 is 13.2. The summed E-state index contributed by atoms with van der Waals surface area (Å²) in [4.78, 5) is 0. The van der Waals surface area contributed by atoms with Gasteiger partial charge in [0.2, 0.25) is 0 Å². The molecule has 4 rings (SSSR count). The van der Waals surface area contributed by atoms with Crippen LogP contribution < -0.4 is 5.32 Å². The highest BCUT2D eigenvalue weighted by molar-refractivity contribution is 5.36. The van der Waals surface area contributed by atoms with Gasteiger partial charge in [-0.05, 0) is 48.1 Å². The fraction of sp³-hybridized carbons (Fsp3) is 0.333. The van der Waals surface area contributed by atoms with Gasteiger partial charge in [0.1, 0.15) is 5.82 Å². The summed E-state index contributed by atoms with van der Waals surface area (Å²) >= 11 is 0. The summed E-state index contributed by atoms with van der Waals surface area (Å²) in [7, 11) is 0. The standard InChI is InChI=1S/C18H18FN/c19-14-7-8-15-13(10-14)6-9-17(15)20-18-11-16(18)12-4-2-1-3-5-12/h1-5,7-8,10,16-18,20H,6,9,11H2. The lowest BCUT2D eigenvalue weighted by Gasteiger charge is -2.14. The van der Waals surface area contributed by atoms with E-state index in [0.717, 1.165) is 12.8 Å². The lowest BCUT2D eigenvalue weighted by atomic mass is 10.1. The van der Waals surface area contributed by atoms with Crippen molar-refractivity contribution in [1.82, 2.24) is 5.32 Å². The minimum Gasteiger partial charge on any atom is -0.307 e. The summed E-state index contributed by atoms with van der Waals surface area (Å²) in [5.74, 6) is 0.540. The molecule has 0 spiro atoms. The molecule has 1 nitrogen and oxygen atoms in total. The molecule has 102 valence electrons. The first kappa shape index (κ1) is 12.1. The molecular weight excluding hydrogens is 249 g/mol. The van der Waals surface area contributed by atoms with Crippen molar-refractivity contribution in [2.45, 2.75) is 37.3 Å². The predicted molar refractivity (Wildman–Crippen MR) is 78.2 cm³/mol. The molecule has 1 N–H and O–H groups in total. The minimum atomic E-state index is -0.113. The quantitative estimate of drug-likeness (QED) is 0.887. The van der Waals surface area contributed by atoms with E-state index in [0.29, 0.717) is 18.0 Å². The number of halogens is 1. The number of hydrogen-bond donors (Lipinski definition) is 1. The van der Waals surface area contributed by atoms with Crippen LogP contribution in [0.2, 0.25) is 0 Å². The second-order valence-corrected chi connectivity index (χ2v) is 5.96. The molecule has 2 heteroatoms. The van der Waals surface area contributed by atoms with Crippen LogP contribution in [-0.2, 0) is 6.42 Å². The van der Waals surface area contributed by atoms with Crippen LogP contribution in [0.3, 0.4) is 0 Å². The Labute approximate surface area is 118 Å². The molecule has 0 aromatic heterocycles. The minimum absolute atomic E-state index is 0.113. The molecule has 0 bridgehead atoms. The highest BCUT2D eigenvalue weighted by atomic mass is 19.1. The van der Waals surface area contributed by atoms with E-state index < -0.39 is 0 Å². The zero-order valence-electron chi connectivity index (χ0n) is 11.4. The smallest absolute Gasteiger partial charge is 0.123 e. The van der Waals surface area contributed by atoms with Gasteiger partial charge in [-0.3, -0.25) is 0 Å². The highest BCUT2D eigenvalue weighted by Gasteiger charge is 2.40. The van der Waals surface area contributed by atoms with Gasteiger partial charge in [-0.2, -0.15) is 0 Å². The SMILES string of the molecule is Fc1ccc2c(c1)CCC2NC1CC1c1ccccc1. The Morgan fingerprint density at radius 2 is 1.90 bits per heavy atom. The number of aryl methyl sites for hydroxylation is 1. The zero-order chi connectivity index (χ0) is 13.5. The number of benzene rings is 2. The molecule has 0 aliphatic heterocycles. The van der Waals surface area contributed by atoms with Gasteiger partial charge >= 0.3 is 0 Å². The van der Waals surface area contributed by atoms with Crippen LogP contribution in [0.5, 0.6) is 0 Å². The van der Waals surface area contributed by atoms with E-state index in [-0.39, 0.29) is 5.82 Å². The van der Waals surface area contributed by atoms with E-state index in [4.69, 9.17) is 0 Å². The van der Waals surface area contributed by atoms with Crippen LogP contribution in [0.25, 0.3) is 0 Å². The molecule has 1 fully saturated rings. The van der Waals surface area contributed by atoms with Gasteiger partial charge in [-0.25, -0.2) is 4.39 Å². The van der Waals surface area contributed by atoms with Crippen LogP contribution in [0, 0.1) is 5.82 Å². The van der Waals surface area contributed by atoms with Gasteiger partial charge < -0.3 is 5.32 Å². The van der Waals surface area contributed by atoms with Crippen LogP contribution in [-0.4, -0.2) is 6.04 Å². The van der Waals surface area contributed by atoms with Crippen molar-refractivity contribution in [3.05, 3.63) is 71.0 Å². The summed E-state index contributed by atoms with van der Waals surface area (Å²) in [6.45, 7) is 0. The molecule has 2 aliphatic rings. The van der Waals surface area contributed by atoms with E-state index in [9.17, 15) is 4.39 Å². The second kappa shape index (κ2) is 4.71. The fourth-order valence-corrected chi connectivity index (χ4v) is 3.47. The highest BCUT2D eigenvalue weighted by Crippen LogP contribution is 2.43. The molecule has 2 aliphatic carbocycles. The van der Waals surface area contributed by atoms with E-state index in [1.165, 1.54) is 23.1 Å². The first-order chi connectivity index (χ1) is 9.81. The maximum atomic E-state index is 13.2. The van der Waals surface area contributed by atoms with Crippen molar-refractivity contribution < 1.29 is 4.39 Å². The summed E-state index contributed by atoms with van der Waals surface area (Å²) in [6.07, 6.45) is 3.31. The van der Waals surface area contributed by atoms with Crippen LogP contribution in [0.4, 0.5) is 4.39 Å². The largest absolute Gasteiger partial charge is 0.307 e. The number of hydrogen-bond acceptors (Lipinski definition) is 1. The normalized spacial score (nSPS) is 27.4. The molecule has 20 heavy (non-hydrogen) atoms. The molecule has 0 saturated heterocycles. The van der Waals surface area contributed by atoms with Gasteiger partial charge in [0.15, 0.2) is 0 Å². The third-order valence-corrected chi connectivity index (χ3v) is 4.62. The first-order valence-corrected chi connectivity index (χ1v) is 7.40. The van der Waals surface area contributed by atoms with Crippen molar-refractivity contribution in [2.75, 3.05) is 0 Å². The lowest BCUT2D eigenvalue weighted by molar-refractivity contribution is 0.521. The van der Waals surface area contributed by atoms with Crippen molar-refractivity contribution in [3.8, 4) is 0 Å². The van der Waals surface area contributed by atoms with E-state index in [1.54, 1.807) is 12.1 Å². The molecule has 0 radical (unpaired) electrons. The van der Waals surface area contributed by atoms with Gasteiger partial charge in [0.05, 0.1) is 0 Å². The number of rotatable bonds is 3.